The van der Waals surface area contributed by atoms with Crippen molar-refractivity contribution in [2.45, 2.75) is 96.7 Å². The van der Waals surface area contributed by atoms with Crippen molar-refractivity contribution in [2.75, 3.05) is 6.54 Å². The van der Waals surface area contributed by atoms with E-state index in [2.05, 4.69) is 56.7 Å². The molecule has 0 aromatic carbocycles. The number of dihydropyridines is 1. The van der Waals surface area contributed by atoms with Gasteiger partial charge in [0.1, 0.15) is 0 Å². The van der Waals surface area contributed by atoms with Gasteiger partial charge in [0.2, 0.25) is 0 Å². The number of ether oxygens (including phenoxy) is 1. The Balaban J connectivity index is 0.000000263. The first-order chi connectivity index (χ1) is 19.6. The third kappa shape index (κ3) is 7.35. The second-order valence-electron chi connectivity index (χ2n) is 10.7. The summed E-state index contributed by atoms with van der Waals surface area (Å²) in [5, 5.41) is 27.1. The van der Waals surface area contributed by atoms with Crippen LogP contribution in [-0.2, 0) is 24.8 Å². The fourth-order valence-electron chi connectivity index (χ4n) is 6.16. The van der Waals surface area contributed by atoms with Crippen LogP contribution in [0.5, 0.6) is 0 Å². The second kappa shape index (κ2) is 15.1. The Bertz CT molecular complexity index is 1110. The molecule has 0 aromatic heterocycles. The molecule has 0 saturated carbocycles. The van der Waals surface area contributed by atoms with Gasteiger partial charge in [-0.15, -0.1) is 36.8 Å². The summed E-state index contributed by atoms with van der Waals surface area (Å²) >= 11 is 1.82. The molecule has 0 spiro atoms. The number of rotatable bonds is 8. The zero-order valence-corrected chi connectivity index (χ0v) is 26.8. The van der Waals surface area contributed by atoms with E-state index < -0.39 is 19.2 Å². The zero-order chi connectivity index (χ0) is 29.7. The quantitative estimate of drug-likeness (QED) is 0.197. The van der Waals surface area contributed by atoms with Crippen molar-refractivity contribution in [3.8, 4) is 0 Å². The molecular formula is C32H46IrN2O3S-2. The first kappa shape index (κ1) is 27.9. The van der Waals surface area contributed by atoms with E-state index >= 15 is 0 Å². The Morgan fingerprint density at radius 3 is 2.72 bits per heavy atom. The summed E-state index contributed by atoms with van der Waals surface area (Å²) < 4.78 is 29.1. The molecule has 5 nitrogen and oxygen atoms in total. The number of aliphatic hydroxyl groups is 2. The van der Waals surface area contributed by atoms with Gasteiger partial charge < -0.3 is 20.3 Å². The van der Waals surface area contributed by atoms with E-state index in [0.717, 1.165) is 50.8 Å². The van der Waals surface area contributed by atoms with E-state index in [4.69, 9.17) is 14.2 Å². The van der Waals surface area contributed by atoms with E-state index in [0.29, 0.717) is 11.0 Å². The molecule has 1 saturated heterocycles. The summed E-state index contributed by atoms with van der Waals surface area (Å²) in [4.78, 5) is 4.42. The van der Waals surface area contributed by atoms with Gasteiger partial charge in [0.25, 0.3) is 0 Å². The molecular weight excluding hydrogens is 685 g/mol. The van der Waals surface area contributed by atoms with Crippen LogP contribution in [0, 0.1) is 30.1 Å². The molecule has 5 aliphatic rings. The summed E-state index contributed by atoms with van der Waals surface area (Å²) in [5.74, 6) is 2.23. The molecule has 0 bridgehead atoms. The molecule has 39 heavy (non-hydrogen) atoms. The summed E-state index contributed by atoms with van der Waals surface area (Å²) in [6.07, 6.45) is 16.8. The maximum Gasteiger partial charge on any atom is 0.175 e. The molecule has 0 amide bonds. The summed E-state index contributed by atoms with van der Waals surface area (Å²) in [5.41, 5.74) is 2.70. The SMILES string of the molecule is CCC(CC)/C(O)=C/[C@@H](O)C(CC)CC.[2H]C([2H])([2H])C1=NC2OC3=C([C@@H]4[N-]CC=C5C=CS[C@@H]54)[CH-]CC[C@H]3C2C=C1.[Ir]. The van der Waals surface area contributed by atoms with Crippen LogP contribution in [-0.4, -0.2) is 46.1 Å². The van der Waals surface area contributed by atoms with E-state index in [1.807, 2.05) is 17.8 Å². The van der Waals surface area contributed by atoms with Gasteiger partial charge in [-0.1, -0.05) is 59.1 Å². The van der Waals surface area contributed by atoms with Gasteiger partial charge in [0.15, 0.2) is 6.23 Å². The number of aliphatic imine (C=N–C) groups is 1. The minimum Gasteiger partial charge on any atom is -0.654 e. The van der Waals surface area contributed by atoms with Crippen LogP contribution >= 0.6 is 11.8 Å². The van der Waals surface area contributed by atoms with E-state index in [1.54, 1.807) is 12.2 Å². The van der Waals surface area contributed by atoms with Crippen LogP contribution in [0.1, 0.15) is 77.2 Å². The average molecular weight is 734 g/mol. The van der Waals surface area contributed by atoms with E-state index in [1.165, 1.54) is 11.1 Å². The van der Waals surface area contributed by atoms with Crippen molar-refractivity contribution < 1.29 is 39.2 Å². The molecule has 1 aliphatic carbocycles. The first-order valence-electron chi connectivity index (χ1n) is 15.9. The standard InChI is InChI=1S/C19H20N2OS.C13H26O2.Ir/c1-11-5-6-14-13-3-2-4-15(17(13)22-19(14)21-11)16-18-12(7-9-20-16)8-10-23-18;1-5-10(6-2)12(14)9-13(15)11(7-3)8-4;/h4-8,10,13-14,16,18-19H,2-3,9H2,1H3;9-12,14-15H,5-8H2,1-4H3;/q-2;;/b;13-9-;/t13-,14?,16-,18-,19?;12-;/m01./s1/i1D3;;. The Hall–Kier alpha value is -1.24. The molecule has 5 rings (SSSR count). The Kier molecular flexibility index (Phi) is 10.8. The van der Waals surface area contributed by atoms with Gasteiger partial charge >= 0.3 is 0 Å². The van der Waals surface area contributed by atoms with Crippen LogP contribution < -0.4 is 0 Å². The molecule has 1 radical (unpaired) electrons. The van der Waals surface area contributed by atoms with Gasteiger partial charge in [-0.25, -0.2) is 11.4 Å². The normalized spacial score (nSPS) is 31.2. The fraction of sp³-hybridized carbons (Fsp3) is 0.625. The van der Waals surface area contributed by atoms with Gasteiger partial charge in [0.05, 0.1) is 11.9 Å². The summed E-state index contributed by atoms with van der Waals surface area (Å²) in [6, 6.07) is 0.114. The summed E-state index contributed by atoms with van der Waals surface area (Å²) in [6.45, 7) is 6.81. The van der Waals surface area contributed by atoms with Crippen molar-refractivity contribution in [1.29, 1.82) is 0 Å². The van der Waals surface area contributed by atoms with Crippen LogP contribution in [0.3, 0.4) is 0 Å². The van der Waals surface area contributed by atoms with Crippen molar-refractivity contribution in [3.63, 3.8) is 0 Å². The minimum atomic E-state index is -2.19. The topological polar surface area (TPSA) is 76.2 Å². The first-order valence-corrected chi connectivity index (χ1v) is 15.3. The van der Waals surface area contributed by atoms with Crippen molar-refractivity contribution >= 4 is 17.5 Å². The molecule has 2 unspecified atom stereocenters. The average Bonchev–Trinajstić information content (AvgIpc) is 3.58. The maximum absolute atomic E-state index is 9.88. The van der Waals surface area contributed by atoms with Crippen LogP contribution in [0.4, 0.5) is 0 Å². The molecule has 6 atom stereocenters. The second-order valence-corrected chi connectivity index (χ2v) is 11.8. The number of allylic oxidation sites excluding steroid dienone is 4. The minimum absolute atomic E-state index is 0. The smallest absolute Gasteiger partial charge is 0.175 e. The van der Waals surface area contributed by atoms with Gasteiger partial charge in [-0.2, -0.15) is 5.57 Å². The maximum atomic E-state index is 9.88. The van der Waals surface area contributed by atoms with Crippen molar-refractivity contribution in [3.05, 3.63) is 70.2 Å². The van der Waals surface area contributed by atoms with Crippen molar-refractivity contribution in [1.82, 2.24) is 0 Å². The Morgan fingerprint density at radius 2 is 2.03 bits per heavy atom. The molecule has 1 fully saturated rings. The van der Waals surface area contributed by atoms with Crippen molar-refractivity contribution in [2.24, 2.45) is 28.7 Å². The predicted octanol–water partition coefficient (Wildman–Crippen LogP) is 7.83. The number of thioether (sulfide) groups is 1. The molecule has 4 heterocycles. The molecule has 219 valence electrons. The molecule has 7 heteroatoms. The number of aliphatic hydroxyl groups excluding tert-OH is 2. The fourth-order valence-corrected chi connectivity index (χ4v) is 7.27. The molecule has 0 aromatic rings. The third-order valence-corrected chi connectivity index (χ3v) is 9.69. The Labute approximate surface area is 258 Å². The van der Waals surface area contributed by atoms with Crippen LogP contribution in [0.15, 0.2) is 63.4 Å². The van der Waals surface area contributed by atoms with Gasteiger partial charge in [0, 0.05) is 47.0 Å². The van der Waals surface area contributed by atoms with Gasteiger partial charge in [-0.05, 0) is 60.4 Å². The molecule has 2 N–H and O–H groups in total. The predicted molar refractivity (Wildman–Crippen MR) is 160 cm³/mol. The largest absolute Gasteiger partial charge is 0.654 e. The van der Waals surface area contributed by atoms with Crippen LogP contribution in [0.2, 0.25) is 0 Å². The van der Waals surface area contributed by atoms with E-state index in [9.17, 15) is 10.2 Å². The Morgan fingerprint density at radius 1 is 1.26 bits per heavy atom. The number of hydrogen-bond donors (Lipinski definition) is 2. The van der Waals surface area contributed by atoms with E-state index in [-0.39, 0.29) is 55.5 Å². The number of fused-ring (bicyclic) bond motifs is 4. The third-order valence-electron chi connectivity index (χ3n) is 8.57. The number of hydrogen-bond acceptors (Lipinski definition) is 5. The van der Waals surface area contributed by atoms with Gasteiger partial charge in [-0.3, -0.25) is 0 Å². The monoisotopic (exact) mass is 734 g/mol. The zero-order valence-electron chi connectivity index (χ0n) is 26.5. The molecule has 4 aliphatic heterocycles. The number of nitrogens with zero attached hydrogens (tertiary/aromatic N) is 2. The van der Waals surface area contributed by atoms with Crippen LogP contribution in [0.25, 0.3) is 5.32 Å². The summed E-state index contributed by atoms with van der Waals surface area (Å²) in [7, 11) is 0.